The van der Waals surface area contributed by atoms with Crippen LogP contribution in [0.5, 0.6) is 0 Å². The van der Waals surface area contributed by atoms with E-state index in [9.17, 15) is 18.0 Å². The maximum atomic E-state index is 13.3. The molecule has 0 radical (unpaired) electrons. The van der Waals surface area contributed by atoms with Gasteiger partial charge in [-0.25, -0.2) is 9.48 Å². The number of alkyl halides is 3. The van der Waals surface area contributed by atoms with Crippen LogP contribution in [0.3, 0.4) is 0 Å². The molecule has 6 nitrogen and oxygen atoms in total. The minimum Gasteiger partial charge on any atom is -0.305 e. The van der Waals surface area contributed by atoms with E-state index in [1.165, 1.54) is 15.4 Å². The topological polar surface area (TPSA) is 56.0 Å². The van der Waals surface area contributed by atoms with Crippen LogP contribution in [0.25, 0.3) is 11.1 Å². The Kier molecular flexibility index (Phi) is 6.13. The lowest BCUT2D eigenvalue weighted by Crippen LogP contribution is -2.44. The van der Waals surface area contributed by atoms with Crippen molar-refractivity contribution in [1.82, 2.24) is 19.4 Å². The van der Waals surface area contributed by atoms with E-state index >= 15 is 0 Å². The summed E-state index contributed by atoms with van der Waals surface area (Å²) < 4.78 is 41.3. The Morgan fingerprint density at radius 2 is 1.53 bits per heavy atom. The second kappa shape index (κ2) is 9.15. The van der Waals surface area contributed by atoms with Gasteiger partial charge in [0.15, 0.2) is 5.82 Å². The third-order valence-electron chi connectivity index (χ3n) is 5.86. The number of aromatic nitrogens is 4. The first-order valence-electron chi connectivity index (χ1n) is 10.8. The summed E-state index contributed by atoms with van der Waals surface area (Å²) in [4.78, 5) is 17.2. The molecule has 2 aromatic carbocycles. The second-order valence-electron chi connectivity index (χ2n) is 8.29. The van der Waals surface area contributed by atoms with Crippen LogP contribution in [-0.4, -0.2) is 33.0 Å². The Balaban J connectivity index is 1.64. The molecular formula is C25H18Cl2F3N5O. The van der Waals surface area contributed by atoms with Crippen molar-refractivity contribution in [3.8, 4) is 0 Å². The fourth-order valence-electron chi connectivity index (χ4n) is 4.13. The quantitative estimate of drug-likeness (QED) is 0.356. The highest BCUT2D eigenvalue weighted by Crippen LogP contribution is 2.35. The molecule has 3 heterocycles. The monoisotopic (exact) mass is 531 g/mol. The number of rotatable bonds is 4. The highest BCUT2D eigenvalue weighted by molar-refractivity contribution is 6.31. The van der Waals surface area contributed by atoms with Crippen molar-refractivity contribution in [3.05, 3.63) is 116 Å². The van der Waals surface area contributed by atoms with E-state index in [0.29, 0.717) is 22.4 Å². The maximum Gasteiger partial charge on any atom is 0.417 e. The van der Waals surface area contributed by atoms with Crippen LogP contribution in [0.1, 0.15) is 28.2 Å². The van der Waals surface area contributed by atoms with Gasteiger partial charge < -0.3 is 5.01 Å². The number of pyridine rings is 1. The molecule has 2 aromatic heterocycles. The highest BCUT2D eigenvalue weighted by atomic mass is 35.5. The fraction of sp³-hybridized carbons (Fsp3) is 0.160. The van der Waals surface area contributed by atoms with Gasteiger partial charge in [-0.15, -0.1) is 5.10 Å². The van der Waals surface area contributed by atoms with E-state index in [0.717, 1.165) is 34.5 Å². The number of nitrogens with zero attached hydrogens (tertiary/aromatic N) is 5. The molecule has 0 spiro atoms. The molecule has 11 heteroatoms. The Morgan fingerprint density at radius 3 is 2.08 bits per heavy atom. The number of hydrogen-bond donors (Lipinski definition) is 0. The third kappa shape index (κ3) is 4.52. The molecule has 36 heavy (non-hydrogen) atoms. The molecule has 0 saturated heterocycles. The molecule has 0 N–H and O–H groups in total. The van der Waals surface area contributed by atoms with Gasteiger partial charge in [-0.1, -0.05) is 47.5 Å². The van der Waals surface area contributed by atoms with Crippen LogP contribution < -0.4 is 10.7 Å². The molecule has 0 saturated carbocycles. The number of benzene rings is 2. The van der Waals surface area contributed by atoms with Crippen molar-refractivity contribution in [2.75, 3.05) is 18.6 Å². The first kappa shape index (κ1) is 24.1. The van der Waals surface area contributed by atoms with Gasteiger partial charge in [-0.05, 0) is 53.1 Å². The SMILES string of the molecule is CN1CC(c2ccc(Cl)cc2)=C(c2ccc(Cl)cc2)c2nn(Cc3ccc(C(F)(F)F)cn3)c(=O)n21. The Morgan fingerprint density at radius 1 is 0.917 bits per heavy atom. The summed E-state index contributed by atoms with van der Waals surface area (Å²) in [5, 5.41) is 7.49. The smallest absolute Gasteiger partial charge is 0.305 e. The molecule has 1 aliphatic rings. The summed E-state index contributed by atoms with van der Waals surface area (Å²) in [7, 11) is 1.77. The molecule has 184 valence electrons. The summed E-state index contributed by atoms with van der Waals surface area (Å²) in [6.07, 6.45) is -3.74. The van der Waals surface area contributed by atoms with Crippen molar-refractivity contribution in [1.29, 1.82) is 0 Å². The zero-order chi connectivity index (χ0) is 25.6. The summed E-state index contributed by atoms with van der Waals surface area (Å²) in [6, 6.07) is 16.8. The molecule has 0 unspecified atom stereocenters. The van der Waals surface area contributed by atoms with E-state index < -0.39 is 17.4 Å². The van der Waals surface area contributed by atoms with Crippen molar-refractivity contribution in [2.45, 2.75) is 12.7 Å². The molecule has 0 fully saturated rings. The fourth-order valence-corrected chi connectivity index (χ4v) is 4.38. The van der Waals surface area contributed by atoms with Crippen LogP contribution in [0, 0.1) is 0 Å². The lowest BCUT2D eigenvalue weighted by molar-refractivity contribution is -0.137. The van der Waals surface area contributed by atoms with E-state index in [4.69, 9.17) is 23.2 Å². The van der Waals surface area contributed by atoms with Gasteiger partial charge in [0.2, 0.25) is 0 Å². The lowest BCUT2D eigenvalue weighted by Gasteiger charge is -2.30. The molecule has 0 aliphatic carbocycles. The average Bonchev–Trinajstić information content (AvgIpc) is 3.16. The minimum absolute atomic E-state index is 0.0883. The van der Waals surface area contributed by atoms with Gasteiger partial charge in [-0.2, -0.15) is 17.8 Å². The van der Waals surface area contributed by atoms with Crippen molar-refractivity contribution in [2.24, 2.45) is 0 Å². The van der Waals surface area contributed by atoms with Crippen LogP contribution >= 0.6 is 23.2 Å². The molecule has 4 aromatic rings. The number of fused-ring (bicyclic) bond motifs is 1. The van der Waals surface area contributed by atoms with Crippen LogP contribution in [-0.2, 0) is 12.7 Å². The summed E-state index contributed by atoms with van der Waals surface area (Å²) in [6.45, 7) is 0.311. The van der Waals surface area contributed by atoms with Crippen LogP contribution in [0.15, 0.2) is 71.7 Å². The Labute approximate surface area is 213 Å². The number of halogens is 5. The van der Waals surface area contributed by atoms with Gasteiger partial charge in [0.1, 0.15) is 0 Å². The van der Waals surface area contributed by atoms with Crippen molar-refractivity contribution < 1.29 is 13.2 Å². The maximum absolute atomic E-state index is 13.3. The first-order valence-corrected chi connectivity index (χ1v) is 11.6. The van der Waals surface area contributed by atoms with Gasteiger partial charge in [0.25, 0.3) is 0 Å². The van der Waals surface area contributed by atoms with Crippen molar-refractivity contribution in [3.63, 3.8) is 0 Å². The van der Waals surface area contributed by atoms with Gasteiger partial charge >= 0.3 is 11.9 Å². The third-order valence-corrected chi connectivity index (χ3v) is 6.37. The van der Waals surface area contributed by atoms with E-state index in [-0.39, 0.29) is 12.2 Å². The summed E-state index contributed by atoms with van der Waals surface area (Å²) in [5.41, 5.74) is 2.37. The first-order chi connectivity index (χ1) is 17.1. The second-order valence-corrected chi connectivity index (χ2v) is 9.17. The van der Waals surface area contributed by atoms with E-state index in [1.807, 2.05) is 24.3 Å². The Hall–Kier alpha value is -3.56. The predicted octanol–water partition coefficient (Wildman–Crippen LogP) is 5.35. The zero-order valence-corrected chi connectivity index (χ0v) is 20.3. The van der Waals surface area contributed by atoms with Crippen LogP contribution in [0.2, 0.25) is 10.0 Å². The highest BCUT2D eigenvalue weighted by Gasteiger charge is 2.31. The lowest BCUT2D eigenvalue weighted by atomic mass is 9.92. The molecule has 0 amide bonds. The molecule has 5 rings (SSSR count). The van der Waals surface area contributed by atoms with E-state index in [2.05, 4.69) is 10.1 Å². The molecule has 0 atom stereocenters. The molecule has 0 bridgehead atoms. The van der Waals surface area contributed by atoms with Crippen molar-refractivity contribution >= 4 is 34.3 Å². The van der Waals surface area contributed by atoms with Gasteiger partial charge in [-0.3, -0.25) is 4.98 Å². The van der Waals surface area contributed by atoms with E-state index in [1.54, 1.807) is 36.3 Å². The molecule has 1 aliphatic heterocycles. The Bertz CT molecular complexity index is 1510. The normalized spacial score (nSPS) is 13.8. The summed E-state index contributed by atoms with van der Waals surface area (Å²) >= 11 is 12.2. The van der Waals surface area contributed by atoms with Gasteiger partial charge in [0, 0.05) is 28.9 Å². The standard InChI is InChI=1S/C25H18Cl2F3N5O/c1-33-14-21(15-2-7-18(26)8-3-15)22(16-4-9-19(27)10-5-16)23-32-34(24(36)35(23)33)13-20-11-6-17(12-31-20)25(28,29)30/h2-12H,13-14H2,1H3. The number of likely N-dealkylation sites (N-methyl/N-ethyl adjacent to an activating group) is 1. The molecular weight excluding hydrogens is 514 g/mol. The predicted molar refractivity (Wildman–Crippen MR) is 133 cm³/mol. The minimum atomic E-state index is -4.49. The number of hydrogen-bond acceptors (Lipinski definition) is 4. The van der Waals surface area contributed by atoms with Crippen LogP contribution in [0.4, 0.5) is 13.2 Å². The van der Waals surface area contributed by atoms with Gasteiger partial charge in [0.05, 0.1) is 24.3 Å². The summed E-state index contributed by atoms with van der Waals surface area (Å²) in [5.74, 6) is 0.396. The average molecular weight is 532 g/mol. The largest absolute Gasteiger partial charge is 0.417 e. The zero-order valence-electron chi connectivity index (χ0n) is 18.8.